The van der Waals surface area contributed by atoms with E-state index in [2.05, 4.69) is 10.6 Å². The number of hydrogen-bond acceptors (Lipinski definition) is 3. The smallest absolute Gasteiger partial charge is 0.233 e. The maximum atomic E-state index is 12.5. The second-order valence-corrected chi connectivity index (χ2v) is 5.19. The molecule has 3 rings (SSSR count). The lowest BCUT2D eigenvalue weighted by Crippen LogP contribution is -2.22. The molecule has 0 spiro atoms. The third-order valence-electron chi connectivity index (χ3n) is 3.81. The standard InChI is InChI=1S/C17H18N2O2/c1-11-9-12(7-8-16(11)21-2)19-17(20)14-10-18-15-6-4-3-5-13(14)15/h3-9,14,18H,10H2,1-2H3,(H,19,20). The summed E-state index contributed by atoms with van der Waals surface area (Å²) < 4.78 is 5.23. The summed E-state index contributed by atoms with van der Waals surface area (Å²) in [5.41, 5.74) is 3.90. The zero-order valence-electron chi connectivity index (χ0n) is 12.1. The molecule has 1 unspecified atom stereocenters. The van der Waals surface area contributed by atoms with Crippen molar-refractivity contribution < 1.29 is 9.53 Å². The summed E-state index contributed by atoms with van der Waals surface area (Å²) in [5, 5.41) is 6.25. The molecule has 0 saturated carbocycles. The number of aryl methyl sites for hydroxylation is 1. The minimum Gasteiger partial charge on any atom is -0.496 e. The number of anilines is 2. The van der Waals surface area contributed by atoms with E-state index in [1.54, 1.807) is 7.11 Å². The molecule has 1 amide bonds. The molecule has 0 saturated heterocycles. The van der Waals surface area contributed by atoms with Crippen LogP contribution >= 0.6 is 0 Å². The maximum Gasteiger partial charge on any atom is 0.233 e. The average molecular weight is 282 g/mol. The topological polar surface area (TPSA) is 50.4 Å². The van der Waals surface area contributed by atoms with Crippen molar-refractivity contribution in [2.75, 3.05) is 24.3 Å². The molecule has 1 heterocycles. The zero-order chi connectivity index (χ0) is 14.8. The Kier molecular flexibility index (Phi) is 3.52. The van der Waals surface area contributed by atoms with E-state index in [1.807, 2.05) is 49.4 Å². The fourth-order valence-electron chi connectivity index (χ4n) is 2.70. The van der Waals surface area contributed by atoms with Gasteiger partial charge in [0, 0.05) is 17.9 Å². The summed E-state index contributed by atoms with van der Waals surface area (Å²) in [4.78, 5) is 12.5. The molecule has 4 nitrogen and oxygen atoms in total. The number of amides is 1. The summed E-state index contributed by atoms with van der Waals surface area (Å²) in [7, 11) is 1.64. The fraction of sp³-hybridized carbons (Fsp3) is 0.235. The first-order valence-electron chi connectivity index (χ1n) is 6.97. The predicted molar refractivity (Wildman–Crippen MR) is 84.0 cm³/mol. The summed E-state index contributed by atoms with van der Waals surface area (Å²) in [6.45, 7) is 2.60. The molecule has 1 aliphatic rings. The lowest BCUT2D eigenvalue weighted by Gasteiger charge is -2.13. The predicted octanol–water partition coefficient (Wildman–Crippen LogP) is 3.15. The Morgan fingerprint density at radius 2 is 2.10 bits per heavy atom. The Labute approximate surface area is 124 Å². The van der Waals surface area contributed by atoms with E-state index in [9.17, 15) is 4.79 Å². The van der Waals surface area contributed by atoms with Gasteiger partial charge in [0.25, 0.3) is 0 Å². The molecule has 21 heavy (non-hydrogen) atoms. The molecule has 108 valence electrons. The fourth-order valence-corrected chi connectivity index (χ4v) is 2.70. The van der Waals surface area contributed by atoms with Gasteiger partial charge in [-0.3, -0.25) is 4.79 Å². The van der Waals surface area contributed by atoms with Crippen LogP contribution in [0.1, 0.15) is 17.0 Å². The third kappa shape index (κ3) is 2.57. The van der Waals surface area contributed by atoms with Crippen LogP contribution in [0, 0.1) is 6.92 Å². The number of rotatable bonds is 3. The van der Waals surface area contributed by atoms with Gasteiger partial charge in [-0.15, -0.1) is 0 Å². The van der Waals surface area contributed by atoms with E-state index in [0.29, 0.717) is 6.54 Å². The third-order valence-corrected chi connectivity index (χ3v) is 3.81. The molecule has 0 fully saturated rings. The SMILES string of the molecule is COc1ccc(NC(=O)C2CNc3ccccc32)cc1C. The number of carbonyl (C=O) groups is 1. The van der Waals surface area contributed by atoms with E-state index in [1.165, 1.54) is 0 Å². The van der Waals surface area contributed by atoms with Gasteiger partial charge in [0.05, 0.1) is 13.0 Å². The van der Waals surface area contributed by atoms with Crippen molar-refractivity contribution in [1.29, 1.82) is 0 Å². The molecule has 4 heteroatoms. The van der Waals surface area contributed by atoms with Gasteiger partial charge in [-0.1, -0.05) is 18.2 Å². The second kappa shape index (κ2) is 5.48. The van der Waals surface area contributed by atoms with E-state index in [-0.39, 0.29) is 11.8 Å². The van der Waals surface area contributed by atoms with Gasteiger partial charge in [0.1, 0.15) is 5.75 Å². The number of hydrogen-bond donors (Lipinski definition) is 2. The van der Waals surface area contributed by atoms with Crippen molar-refractivity contribution in [3.8, 4) is 5.75 Å². The van der Waals surface area contributed by atoms with Gasteiger partial charge in [-0.05, 0) is 42.3 Å². The molecule has 2 aromatic rings. The number of ether oxygens (including phenoxy) is 1. The Morgan fingerprint density at radius 1 is 1.29 bits per heavy atom. The Balaban J connectivity index is 1.77. The zero-order valence-corrected chi connectivity index (χ0v) is 12.1. The Morgan fingerprint density at radius 3 is 2.86 bits per heavy atom. The number of methoxy groups -OCH3 is 1. The van der Waals surface area contributed by atoms with Gasteiger partial charge in [-0.25, -0.2) is 0 Å². The largest absolute Gasteiger partial charge is 0.496 e. The highest BCUT2D eigenvalue weighted by atomic mass is 16.5. The van der Waals surface area contributed by atoms with E-state index in [0.717, 1.165) is 28.3 Å². The van der Waals surface area contributed by atoms with Gasteiger partial charge >= 0.3 is 0 Å². The van der Waals surface area contributed by atoms with E-state index in [4.69, 9.17) is 4.74 Å². The molecule has 2 aromatic carbocycles. The van der Waals surface area contributed by atoms with Crippen LogP contribution in [0.15, 0.2) is 42.5 Å². The first kappa shape index (κ1) is 13.5. The van der Waals surface area contributed by atoms with Crippen molar-refractivity contribution in [1.82, 2.24) is 0 Å². The van der Waals surface area contributed by atoms with Crippen LogP contribution in [-0.2, 0) is 4.79 Å². The summed E-state index contributed by atoms with van der Waals surface area (Å²) in [5.74, 6) is 0.682. The van der Waals surface area contributed by atoms with Crippen molar-refractivity contribution in [2.24, 2.45) is 0 Å². The van der Waals surface area contributed by atoms with Gasteiger partial charge in [0.2, 0.25) is 5.91 Å². The lowest BCUT2D eigenvalue weighted by atomic mass is 10.0. The van der Waals surface area contributed by atoms with E-state index >= 15 is 0 Å². The van der Waals surface area contributed by atoms with Crippen molar-refractivity contribution in [3.05, 3.63) is 53.6 Å². The highest BCUT2D eigenvalue weighted by Crippen LogP contribution is 2.32. The summed E-state index contributed by atoms with van der Waals surface area (Å²) in [6, 6.07) is 13.6. The van der Waals surface area contributed by atoms with Crippen LogP contribution in [0.2, 0.25) is 0 Å². The number of carbonyl (C=O) groups excluding carboxylic acids is 1. The summed E-state index contributed by atoms with van der Waals surface area (Å²) in [6.07, 6.45) is 0. The Bertz CT molecular complexity index is 682. The monoisotopic (exact) mass is 282 g/mol. The number of nitrogens with one attached hydrogen (secondary N) is 2. The van der Waals surface area contributed by atoms with Crippen LogP contribution in [-0.4, -0.2) is 19.6 Å². The maximum absolute atomic E-state index is 12.5. The molecule has 0 radical (unpaired) electrons. The molecule has 0 aliphatic carbocycles. The highest BCUT2D eigenvalue weighted by molar-refractivity contribution is 5.98. The van der Waals surface area contributed by atoms with Crippen LogP contribution in [0.4, 0.5) is 11.4 Å². The summed E-state index contributed by atoms with van der Waals surface area (Å²) >= 11 is 0. The molecule has 0 bridgehead atoms. The average Bonchev–Trinajstić information content (AvgIpc) is 2.91. The normalized spacial score (nSPS) is 16.0. The number of fused-ring (bicyclic) bond motifs is 1. The minimum atomic E-state index is -0.149. The second-order valence-electron chi connectivity index (χ2n) is 5.19. The number of para-hydroxylation sites is 1. The molecule has 2 N–H and O–H groups in total. The van der Waals surface area contributed by atoms with Gasteiger partial charge in [-0.2, -0.15) is 0 Å². The minimum absolute atomic E-state index is 0.0111. The van der Waals surface area contributed by atoms with Crippen LogP contribution < -0.4 is 15.4 Å². The molecular weight excluding hydrogens is 264 g/mol. The highest BCUT2D eigenvalue weighted by Gasteiger charge is 2.28. The molecule has 0 aromatic heterocycles. The first-order valence-corrected chi connectivity index (χ1v) is 6.97. The molecule has 1 aliphatic heterocycles. The van der Waals surface area contributed by atoms with Crippen molar-refractivity contribution >= 4 is 17.3 Å². The molecule has 1 atom stereocenters. The quantitative estimate of drug-likeness (QED) is 0.909. The Hall–Kier alpha value is -2.49. The first-order chi connectivity index (χ1) is 10.2. The van der Waals surface area contributed by atoms with Crippen molar-refractivity contribution in [2.45, 2.75) is 12.8 Å². The van der Waals surface area contributed by atoms with Crippen LogP contribution in [0.5, 0.6) is 5.75 Å². The van der Waals surface area contributed by atoms with Crippen molar-refractivity contribution in [3.63, 3.8) is 0 Å². The lowest BCUT2D eigenvalue weighted by molar-refractivity contribution is -0.117. The van der Waals surface area contributed by atoms with Crippen LogP contribution in [0.3, 0.4) is 0 Å². The molecular formula is C17H18N2O2. The van der Waals surface area contributed by atoms with Crippen LogP contribution in [0.25, 0.3) is 0 Å². The number of benzene rings is 2. The van der Waals surface area contributed by atoms with E-state index < -0.39 is 0 Å². The van der Waals surface area contributed by atoms with Gasteiger partial charge in [0.15, 0.2) is 0 Å². The van der Waals surface area contributed by atoms with Gasteiger partial charge < -0.3 is 15.4 Å².